The molecule has 3 amide bonds. The fourth-order valence-corrected chi connectivity index (χ4v) is 3.73. The van der Waals surface area contributed by atoms with Gasteiger partial charge in [-0.1, -0.05) is 0 Å². The second kappa shape index (κ2) is 8.89. The first-order valence-electron chi connectivity index (χ1n) is 9.01. The second-order valence-corrected chi connectivity index (χ2v) is 6.89. The largest absolute Gasteiger partial charge is 0.481 e. The third-order valence-electron chi connectivity index (χ3n) is 5.28. The number of hydrogen-bond donors (Lipinski definition) is 3. The Morgan fingerprint density at radius 3 is 2.42 bits per heavy atom. The summed E-state index contributed by atoms with van der Waals surface area (Å²) < 4.78 is 0. The molecule has 1 atom stereocenters. The molecule has 1 aliphatic carbocycles. The van der Waals surface area contributed by atoms with Crippen LogP contribution in [0.5, 0.6) is 0 Å². The summed E-state index contributed by atoms with van der Waals surface area (Å²) in [5, 5.41) is 14.7. The van der Waals surface area contributed by atoms with Gasteiger partial charge in [-0.3, -0.25) is 9.59 Å². The molecule has 1 unspecified atom stereocenters. The summed E-state index contributed by atoms with van der Waals surface area (Å²) in [5.74, 6) is -0.994. The lowest BCUT2D eigenvalue weighted by molar-refractivity contribution is -0.142. The van der Waals surface area contributed by atoms with Crippen LogP contribution in [0.4, 0.5) is 4.79 Å². The standard InChI is InChI=1S/C17H29N3O4/c1-18-15(21)10-9-14-4-2-3-11-20(14)17(24)19-13-7-5-12(6-8-13)16(22)23/h12-14H,2-11H2,1H3,(H,18,21)(H,19,24)(H,22,23). The van der Waals surface area contributed by atoms with Crippen molar-refractivity contribution in [3.63, 3.8) is 0 Å². The van der Waals surface area contributed by atoms with E-state index in [4.69, 9.17) is 5.11 Å². The minimum atomic E-state index is -0.731. The van der Waals surface area contributed by atoms with Crippen molar-refractivity contribution in [3.8, 4) is 0 Å². The molecule has 0 spiro atoms. The normalized spacial score (nSPS) is 27.4. The van der Waals surface area contributed by atoms with Crippen LogP contribution in [0.25, 0.3) is 0 Å². The van der Waals surface area contributed by atoms with Crippen LogP contribution in [0.1, 0.15) is 57.8 Å². The van der Waals surface area contributed by atoms with E-state index in [2.05, 4.69) is 10.6 Å². The van der Waals surface area contributed by atoms with Gasteiger partial charge in [0.05, 0.1) is 5.92 Å². The van der Waals surface area contributed by atoms with E-state index in [9.17, 15) is 14.4 Å². The van der Waals surface area contributed by atoms with Gasteiger partial charge in [-0.15, -0.1) is 0 Å². The van der Waals surface area contributed by atoms with Crippen molar-refractivity contribution in [1.29, 1.82) is 0 Å². The number of nitrogens with zero attached hydrogens (tertiary/aromatic N) is 1. The number of urea groups is 1. The van der Waals surface area contributed by atoms with E-state index in [-0.39, 0.29) is 29.9 Å². The Labute approximate surface area is 143 Å². The molecule has 1 heterocycles. The molecule has 0 aromatic rings. The summed E-state index contributed by atoms with van der Waals surface area (Å²) in [5.41, 5.74) is 0. The monoisotopic (exact) mass is 339 g/mol. The molecule has 1 saturated carbocycles. The fourth-order valence-electron chi connectivity index (χ4n) is 3.73. The molecule has 7 nitrogen and oxygen atoms in total. The molecule has 2 fully saturated rings. The van der Waals surface area contributed by atoms with Gasteiger partial charge in [0.25, 0.3) is 0 Å². The maximum absolute atomic E-state index is 12.6. The predicted octanol–water partition coefficient (Wildman–Crippen LogP) is 1.72. The third kappa shape index (κ3) is 5.11. The summed E-state index contributed by atoms with van der Waals surface area (Å²) in [4.78, 5) is 36.9. The maximum atomic E-state index is 12.6. The number of amides is 3. The van der Waals surface area contributed by atoms with Crippen molar-refractivity contribution in [1.82, 2.24) is 15.5 Å². The highest BCUT2D eigenvalue weighted by molar-refractivity contribution is 5.76. The fraction of sp³-hybridized carbons (Fsp3) is 0.824. The Morgan fingerprint density at radius 1 is 1.08 bits per heavy atom. The second-order valence-electron chi connectivity index (χ2n) is 6.89. The number of hydrogen-bond acceptors (Lipinski definition) is 3. The smallest absolute Gasteiger partial charge is 0.317 e. The highest BCUT2D eigenvalue weighted by Crippen LogP contribution is 2.26. The van der Waals surface area contributed by atoms with Crippen molar-refractivity contribution >= 4 is 17.9 Å². The Kier molecular flexibility index (Phi) is 6.87. The SMILES string of the molecule is CNC(=O)CCC1CCCCN1C(=O)NC1CCC(C(=O)O)CC1. The van der Waals surface area contributed by atoms with Crippen LogP contribution in [0.3, 0.4) is 0 Å². The Morgan fingerprint density at radius 2 is 1.79 bits per heavy atom. The zero-order valence-electron chi connectivity index (χ0n) is 14.4. The van der Waals surface area contributed by atoms with Crippen LogP contribution >= 0.6 is 0 Å². The number of nitrogens with one attached hydrogen (secondary N) is 2. The van der Waals surface area contributed by atoms with Gasteiger partial charge >= 0.3 is 12.0 Å². The van der Waals surface area contributed by atoms with Crippen LogP contribution in [0, 0.1) is 5.92 Å². The summed E-state index contributed by atoms with van der Waals surface area (Å²) >= 11 is 0. The van der Waals surface area contributed by atoms with Crippen molar-refractivity contribution in [2.75, 3.05) is 13.6 Å². The highest BCUT2D eigenvalue weighted by Gasteiger charge is 2.31. The Hall–Kier alpha value is -1.79. The Bertz CT molecular complexity index is 461. The lowest BCUT2D eigenvalue weighted by Gasteiger charge is -2.37. The first-order valence-corrected chi connectivity index (χ1v) is 9.01. The lowest BCUT2D eigenvalue weighted by Crippen LogP contribution is -2.52. The van der Waals surface area contributed by atoms with E-state index in [1.54, 1.807) is 7.05 Å². The number of carboxylic acids is 1. The molecule has 0 radical (unpaired) electrons. The number of likely N-dealkylation sites (tertiary alicyclic amines) is 1. The van der Waals surface area contributed by atoms with Gasteiger partial charge in [0, 0.05) is 32.1 Å². The van der Waals surface area contributed by atoms with Crippen LogP contribution in [0.2, 0.25) is 0 Å². The zero-order chi connectivity index (χ0) is 17.5. The minimum Gasteiger partial charge on any atom is -0.481 e. The first-order chi connectivity index (χ1) is 11.5. The molecule has 3 N–H and O–H groups in total. The van der Waals surface area contributed by atoms with E-state index in [1.165, 1.54) is 0 Å². The van der Waals surface area contributed by atoms with Crippen LogP contribution in [0.15, 0.2) is 0 Å². The molecule has 0 bridgehead atoms. The average molecular weight is 339 g/mol. The van der Waals surface area contributed by atoms with Gasteiger partial charge in [0.2, 0.25) is 5.91 Å². The van der Waals surface area contributed by atoms with Crippen molar-refractivity contribution in [2.45, 2.75) is 69.9 Å². The van der Waals surface area contributed by atoms with Crippen LogP contribution in [-0.2, 0) is 9.59 Å². The molecule has 2 rings (SSSR count). The average Bonchev–Trinajstić information content (AvgIpc) is 2.60. The van der Waals surface area contributed by atoms with Gasteiger partial charge < -0.3 is 20.6 Å². The molecule has 24 heavy (non-hydrogen) atoms. The van der Waals surface area contributed by atoms with E-state index in [1.807, 2.05) is 4.90 Å². The van der Waals surface area contributed by atoms with E-state index >= 15 is 0 Å². The van der Waals surface area contributed by atoms with Gasteiger partial charge in [-0.25, -0.2) is 4.79 Å². The van der Waals surface area contributed by atoms with E-state index < -0.39 is 5.97 Å². The quantitative estimate of drug-likeness (QED) is 0.710. The minimum absolute atomic E-state index is 0.00734. The van der Waals surface area contributed by atoms with Gasteiger partial charge in [0.1, 0.15) is 0 Å². The van der Waals surface area contributed by atoms with Gasteiger partial charge in [-0.2, -0.15) is 0 Å². The summed E-state index contributed by atoms with van der Waals surface area (Å²) in [6.45, 7) is 0.731. The number of piperidine rings is 1. The number of carbonyl (C=O) groups is 3. The number of rotatable bonds is 5. The summed E-state index contributed by atoms with van der Waals surface area (Å²) in [7, 11) is 1.63. The van der Waals surface area contributed by atoms with Gasteiger partial charge in [-0.05, 0) is 51.4 Å². The van der Waals surface area contributed by atoms with E-state index in [0.29, 0.717) is 25.7 Å². The first kappa shape index (κ1) is 18.5. The van der Waals surface area contributed by atoms with Crippen LogP contribution in [-0.4, -0.2) is 53.6 Å². The Balaban J connectivity index is 1.83. The molecular formula is C17H29N3O4. The molecule has 1 aliphatic heterocycles. The van der Waals surface area contributed by atoms with Crippen molar-refractivity contribution in [3.05, 3.63) is 0 Å². The zero-order valence-corrected chi connectivity index (χ0v) is 14.4. The molecule has 7 heteroatoms. The molecular weight excluding hydrogens is 310 g/mol. The number of carbonyl (C=O) groups excluding carboxylic acids is 2. The number of aliphatic carboxylic acids is 1. The third-order valence-corrected chi connectivity index (χ3v) is 5.28. The molecule has 0 aromatic heterocycles. The highest BCUT2D eigenvalue weighted by atomic mass is 16.4. The maximum Gasteiger partial charge on any atom is 0.317 e. The molecule has 2 aliphatic rings. The van der Waals surface area contributed by atoms with Crippen molar-refractivity contribution < 1.29 is 19.5 Å². The summed E-state index contributed by atoms with van der Waals surface area (Å²) in [6, 6.07) is 0.122. The lowest BCUT2D eigenvalue weighted by atomic mass is 9.86. The van der Waals surface area contributed by atoms with Crippen LogP contribution < -0.4 is 10.6 Å². The number of carboxylic acid groups (broad SMARTS) is 1. The van der Waals surface area contributed by atoms with Gasteiger partial charge in [0.15, 0.2) is 0 Å². The van der Waals surface area contributed by atoms with Crippen molar-refractivity contribution in [2.24, 2.45) is 5.92 Å². The predicted molar refractivity (Wildman–Crippen MR) is 89.6 cm³/mol. The molecule has 136 valence electrons. The van der Waals surface area contributed by atoms with E-state index in [0.717, 1.165) is 38.6 Å². The topological polar surface area (TPSA) is 98.7 Å². The molecule has 0 aromatic carbocycles. The molecule has 1 saturated heterocycles. The summed E-state index contributed by atoms with van der Waals surface area (Å²) in [6.07, 6.45) is 6.85.